The minimum atomic E-state index is -3.99. The second kappa shape index (κ2) is 8.78. The predicted molar refractivity (Wildman–Crippen MR) is 121 cm³/mol. The van der Waals surface area contributed by atoms with Crippen molar-refractivity contribution in [2.75, 3.05) is 29.5 Å². The maximum Gasteiger partial charge on any atom is 0.330 e. The molecular weight excluding hydrogens is 474 g/mol. The SMILES string of the molecule is Cc1nc(N2CC(CO)CN(c3ccc(-c4cc(F)ccc4F)cc3)C2=O)sc1S(N)(=O)=O. The van der Waals surface area contributed by atoms with E-state index >= 15 is 0 Å². The number of hydrogen-bond acceptors (Lipinski definition) is 6. The number of urea groups is 1. The number of anilines is 2. The highest BCUT2D eigenvalue weighted by molar-refractivity contribution is 7.91. The van der Waals surface area contributed by atoms with Crippen LogP contribution in [-0.4, -0.2) is 44.2 Å². The molecule has 0 saturated carbocycles. The van der Waals surface area contributed by atoms with Crippen molar-refractivity contribution in [2.24, 2.45) is 11.1 Å². The van der Waals surface area contributed by atoms with Crippen molar-refractivity contribution in [1.29, 1.82) is 0 Å². The number of nitrogens with two attached hydrogens (primary N) is 1. The number of nitrogens with zero attached hydrogens (tertiary/aromatic N) is 3. The highest BCUT2D eigenvalue weighted by atomic mass is 32.2. The van der Waals surface area contributed by atoms with Crippen LogP contribution in [-0.2, 0) is 10.0 Å². The molecule has 2 heterocycles. The lowest BCUT2D eigenvalue weighted by atomic mass is 10.0. The number of rotatable bonds is 5. The van der Waals surface area contributed by atoms with E-state index in [0.29, 0.717) is 11.3 Å². The summed E-state index contributed by atoms with van der Waals surface area (Å²) in [4.78, 5) is 20.2. The quantitative estimate of drug-likeness (QED) is 0.565. The third-order valence-corrected chi connectivity index (χ3v) is 7.99. The van der Waals surface area contributed by atoms with Gasteiger partial charge in [0.1, 0.15) is 11.6 Å². The number of aliphatic hydroxyl groups excluding tert-OH is 1. The topological polar surface area (TPSA) is 117 Å². The van der Waals surface area contributed by atoms with Gasteiger partial charge in [0.2, 0.25) is 10.0 Å². The van der Waals surface area contributed by atoms with Crippen LogP contribution in [0.5, 0.6) is 0 Å². The average molecular weight is 495 g/mol. The summed E-state index contributed by atoms with van der Waals surface area (Å²) in [6, 6.07) is 9.04. The second-order valence-corrected chi connectivity index (χ2v) is 10.4. The maximum atomic E-state index is 14.1. The Labute approximate surface area is 192 Å². The Bertz CT molecular complexity index is 1310. The summed E-state index contributed by atoms with van der Waals surface area (Å²) in [7, 11) is -3.99. The zero-order valence-electron chi connectivity index (χ0n) is 17.4. The number of amides is 2. The summed E-state index contributed by atoms with van der Waals surface area (Å²) in [6.07, 6.45) is 0. The second-order valence-electron chi connectivity index (χ2n) is 7.64. The number of carbonyl (C=O) groups excluding carboxylic acids is 1. The minimum Gasteiger partial charge on any atom is -0.396 e. The van der Waals surface area contributed by atoms with Gasteiger partial charge >= 0.3 is 6.03 Å². The Hall–Kier alpha value is -2.93. The van der Waals surface area contributed by atoms with E-state index < -0.39 is 27.7 Å². The number of thiazole rings is 1. The molecular formula is C21H20F2N4O4S2. The van der Waals surface area contributed by atoms with Crippen LogP contribution in [0.4, 0.5) is 24.4 Å². The molecule has 1 unspecified atom stereocenters. The molecule has 4 rings (SSSR count). The molecule has 0 spiro atoms. The first-order valence-electron chi connectivity index (χ1n) is 9.84. The normalized spacial score (nSPS) is 17.0. The van der Waals surface area contributed by atoms with Crippen molar-refractivity contribution >= 4 is 38.2 Å². The smallest absolute Gasteiger partial charge is 0.330 e. The Balaban J connectivity index is 1.66. The van der Waals surface area contributed by atoms with Gasteiger partial charge in [-0.25, -0.2) is 32.1 Å². The van der Waals surface area contributed by atoms with Crippen molar-refractivity contribution in [3.8, 4) is 11.1 Å². The molecule has 8 nitrogen and oxygen atoms in total. The third-order valence-electron chi connectivity index (χ3n) is 5.25. The molecule has 12 heteroatoms. The number of aryl methyl sites for hydroxylation is 1. The monoisotopic (exact) mass is 494 g/mol. The molecule has 0 aliphatic carbocycles. The molecule has 3 N–H and O–H groups in total. The standard InChI is InChI=1S/C21H20F2N4O4S2/c1-12-19(33(24,30)31)32-20(25-12)27-10-13(11-28)9-26(21(27)29)16-5-2-14(3-6-16)17-8-15(22)4-7-18(17)23/h2-8,13,28H,9-11H2,1H3,(H2,24,30,31). The Kier molecular flexibility index (Phi) is 6.18. The first-order valence-corrected chi connectivity index (χ1v) is 12.2. The van der Waals surface area contributed by atoms with Gasteiger partial charge in [-0.1, -0.05) is 23.5 Å². The summed E-state index contributed by atoms with van der Waals surface area (Å²) in [5.74, 6) is -1.47. The van der Waals surface area contributed by atoms with Crippen LogP contribution in [0.2, 0.25) is 0 Å². The van der Waals surface area contributed by atoms with Crippen molar-refractivity contribution in [1.82, 2.24) is 4.98 Å². The molecule has 1 saturated heterocycles. The van der Waals surface area contributed by atoms with Gasteiger partial charge in [0.15, 0.2) is 9.34 Å². The summed E-state index contributed by atoms with van der Waals surface area (Å²) in [6.45, 7) is 1.64. The van der Waals surface area contributed by atoms with E-state index in [2.05, 4.69) is 4.98 Å². The van der Waals surface area contributed by atoms with Gasteiger partial charge in [-0.15, -0.1) is 0 Å². The molecule has 1 fully saturated rings. The summed E-state index contributed by atoms with van der Waals surface area (Å²) < 4.78 is 51.1. The molecule has 1 aliphatic heterocycles. The first kappa shape index (κ1) is 23.2. The van der Waals surface area contributed by atoms with E-state index in [-0.39, 0.29) is 46.2 Å². The first-order chi connectivity index (χ1) is 15.6. The fourth-order valence-electron chi connectivity index (χ4n) is 3.66. The van der Waals surface area contributed by atoms with E-state index in [1.165, 1.54) is 16.7 Å². The summed E-state index contributed by atoms with van der Waals surface area (Å²) in [5, 5.41) is 15.2. The van der Waals surface area contributed by atoms with Gasteiger partial charge < -0.3 is 5.11 Å². The lowest BCUT2D eigenvalue weighted by Gasteiger charge is -2.38. The molecule has 1 atom stereocenters. The Morgan fingerprint density at radius 2 is 1.82 bits per heavy atom. The molecule has 174 valence electrons. The van der Waals surface area contributed by atoms with E-state index in [0.717, 1.165) is 29.5 Å². The van der Waals surface area contributed by atoms with Gasteiger partial charge in [-0.05, 0) is 42.8 Å². The third kappa shape index (κ3) is 4.60. The summed E-state index contributed by atoms with van der Waals surface area (Å²) >= 11 is 0.785. The van der Waals surface area contributed by atoms with Gasteiger partial charge in [0.25, 0.3) is 0 Å². The molecule has 1 aromatic heterocycles. The zero-order valence-corrected chi connectivity index (χ0v) is 19.0. The lowest BCUT2D eigenvalue weighted by Crippen LogP contribution is -2.54. The number of sulfonamides is 1. The number of hydrogen-bond donors (Lipinski definition) is 2. The number of benzene rings is 2. The molecule has 0 radical (unpaired) electrons. The van der Waals surface area contributed by atoms with E-state index in [1.54, 1.807) is 24.3 Å². The van der Waals surface area contributed by atoms with Gasteiger partial charge in [-0.3, -0.25) is 9.80 Å². The predicted octanol–water partition coefficient (Wildman–Crippen LogP) is 3.10. The lowest BCUT2D eigenvalue weighted by molar-refractivity contribution is 0.212. The van der Waals surface area contributed by atoms with Crippen LogP contribution in [0, 0.1) is 24.5 Å². The van der Waals surface area contributed by atoms with E-state index in [1.807, 2.05) is 0 Å². The highest BCUT2D eigenvalue weighted by Gasteiger charge is 2.36. The summed E-state index contributed by atoms with van der Waals surface area (Å²) in [5.41, 5.74) is 1.19. The van der Waals surface area contributed by atoms with Crippen LogP contribution in [0.3, 0.4) is 0 Å². The largest absolute Gasteiger partial charge is 0.396 e. The maximum absolute atomic E-state index is 14.1. The zero-order chi connectivity index (χ0) is 23.9. The van der Waals surface area contributed by atoms with Crippen LogP contribution >= 0.6 is 11.3 Å². The van der Waals surface area contributed by atoms with Crippen molar-refractivity contribution in [3.63, 3.8) is 0 Å². The number of aromatic nitrogens is 1. The Morgan fingerprint density at radius 3 is 2.42 bits per heavy atom. The fourth-order valence-corrected chi connectivity index (χ4v) is 5.61. The Morgan fingerprint density at radius 1 is 1.15 bits per heavy atom. The minimum absolute atomic E-state index is 0.0927. The molecule has 2 amide bonds. The van der Waals surface area contributed by atoms with Crippen molar-refractivity contribution < 1.29 is 27.1 Å². The number of carbonyl (C=O) groups is 1. The van der Waals surface area contributed by atoms with Crippen LogP contribution < -0.4 is 14.9 Å². The molecule has 1 aliphatic rings. The molecule has 3 aromatic rings. The molecule has 33 heavy (non-hydrogen) atoms. The number of primary sulfonamides is 1. The van der Waals surface area contributed by atoms with Gasteiger partial charge in [-0.2, -0.15) is 0 Å². The van der Waals surface area contributed by atoms with Crippen LogP contribution in [0.1, 0.15) is 5.69 Å². The van der Waals surface area contributed by atoms with Crippen LogP contribution in [0.25, 0.3) is 11.1 Å². The molecule has 0 bridgehead atoms. The van der Waals surface area contributed by atoms with E-state index in [9.17, 15) is 27.1 Å². The van der Waals surface area contributed by atoms with Gasteiger partial charge in [0.05, 0.1) is 5.69 Å². The van der Waals surface area contributed by atoms with Gasteiger partial charge in [0, 0.05) is 36.9 Å². The van der Waals surface area contributed by atoms with Crippen molar-refractivity contribution in [3.05, 3.63) is 59.8 Å². The average Bonchev–Trinajstić information content (AvgIpc) is 3.18. The number of aliphatic hydroxyl groups is 1. The van der Waals surface area contributed by atoms with Crippen molar-refractivity contribution in [2.45, 2.75) is 11.1 Å². The van der Waals surface area contributed by atoms with E-state index in [4.69, 9.17) is 5.14 Å². The number of halogens is 2. The van der Waals surface area contributed by atoms with Crippen LogP contribution in [0.15, 0.2) is 46.7 Å². The molecule has 2 aromatic carbocycles. The fraction of sp³-hybridized carbons (Fsp3) is 0.238. The highest BCUT2D eigenvalue weighted by Crippen LogP contribution is 2.34.